The van der Waals surface area contributed by atoms with E-state index in [-0.39, 0.29) is 0 Å². The molecule has 0 saturated carbocycles. The fraction of sp³-hybridized carbons (Fsp3) is 0.500. The van der Waals surface area contributed by atoms with Crippen molar-refractivity contribution >= 4 is 15.9 Å². The minimum absolute atomic E-state index is 0.578. The molecule has 1 fully saturated rings. The van der Waals surface area contributed by atoms with Crippen LogP contribution < -0.4 is 5.73 Å². The lowest BCUT2D eigenvalue weighted by molar-refractivity contribution is 0.0881. The summed E-state index contributed by atoms with van der Waals surface area (Å²) < 4.78 is 1.04. The van der Waals surface area contributed by atoms with E-state index in [2.05, 4.69) is 31.9 Å². The number of pyridine rings is 1. The van der Waals surface area contributed by atoms with Crippen molar-refractivity contribution in [2.75, 3.05) is 13.1 Å². The molecule has 1 aliphatic heterocycles. The molecule has 2 N–H and O–H groups in total. The summed E-state index contributed by atoms with van der Waals surface area (Å²) in [4.78, 5) is 6.53. The lowest BCUT2D eigenvalue weighted by Crippen LogP contribution is -2.50. The fourth-order valence-electron chi connectivity index (χ4n) is 1.75. The molecule has 2 rings (SSSR count). The van der Waals surface area contributed by atoms with Gasteiger partial charge in [0.2, 0.25) is 0 Å². The Hall–Kier alpha value is -0.450. The van der Waals surface area contributed by atoms with Gasteiger partial charge in [0.05, 0.1) is 0 Å². The van der Waals surface area contributed by atoms with Gasteiger partial charge in [0.15, 0.2) is 0 Å². The zero-order valence-electron chi connectivity index (χ0n) is 7.99. The largest absolute Gasteiger partial charge is 0.329 e. The minimum atomic E-state index is 0.578. The third kappa shape index (κ3) is 2.13. The molecule has 1 saturated heterocycles. The van der Waals surface area contributed by atoms with Crippen LogP contribution in [0.3, 0.4) is 0 Å². The second-order valence-electron chi connectivity index (χ2n) is 3.66. The molecule has 0 amide bonds. The molecule has 0 aromatic carbocycles. The van der Waals surface area contributed by atoms with Gasteiger partial charge in [-0.1, -0.05) is 0 Å². The summed E-state index contributed by atoms with van der Waals surface area (Å²) >= 11 is 3.42. The molecule has 0 spiro atoms. The van der Waals surface area contributed by atoms with Gasteiger partial charge in [0.25, 0.3) is 0 Å². The van der Waals surface area contributed by atoms with E-state index in [0.29, 0.717) is 6.04 Å². The Morgan fingerprint density at radius 3 is 3.00 bits per heavy atom. The van der Waals surface area contributed by atoms with Gasteiger partial charge in [0.1, 0.15) is 0 Å². The highest BCUT2D eigenvalue weighted by atomic mass is 79.9. The van der Waals surface area contributed by atoms with E-state index in [0.717, 1.165) is 24.1 Å². The summed E-state index contributed by atoms with van der Waals surface area (Å²) in [5.74, 6) is 0. The summed E-state index contributed by atoms with van der Waals surface area (Å²) in [7, 11) is 0. The summed E-state index contributed by atoms with van der Waals surface area (Å²) in [6, 6.07) is 2.69. The molecule has 1 aromatic heterocycles. The van der Waals surface area contributed by atoms with Gasteiger partial charge < -0.3 is 5.73 Å². The van der Waals surface area contributed by atoms with E-state index < -0.39 is 0 Å². The van der Waals surface area contributed by atoms with E-state index in [1.165, 1.54) is 12.0 Å². The van der Waals surface area contributed by atoms with Gasteiger partial charge in [0, 0.05) is 42.5 Å². The normalized spacial score (nSPS) is 22.0. The Morgan fingerprint density at radius 2 is 2.43 bits per heavy atom. The summed E-state index contributed by atoms with van der Waals surface area (Å²) in [6.45, 7) is 2.89. The van der Waals surface area contributed by atoms with Crippen LogP contribution >= 0.6 is 15.9 Å². The molecule has 4 heteroatoms. The molecule has 3 nitrogen and oxygen atoms in total. The molecule has 1 atom stereocenters. The van der Waals surface area contributed by atoms with Crippen molar-refractivity contribution in [2.45, 2.75) is 19.0 Å². The maximum absolute atomic E-state index is 5.64. The molecular formula is C10H14BrN3. The Balaban J connectivity index is 1.97. The van der Waals surface area contributed by atoms with Crippen molar-refractivity contribution < 1.29 is 0 Å². The van der Waals surface area contributed by atoms with Crippen LogP contribution in [0, 0.1) is 0 Å². The van der Waals surface area contributed by atoms with Crippen LogP contribution in [0.4, 0.5) is 0 Å². The van der Waals surface area contributed by atoms with Gasteiger partial charge in [-0.2, -0.15) is 0 Å². The lowest BCUT2D eigenvalue weighted by atomic mass is 10.0. The number of halogens is 1. The highest BCUT2D eigenvalue weighted by molar-refractivity contribution is 9.10. The SMILES string of the molecule is NCC1CCN1Cc1cncc(Br)c1. The number of rotatable bonds is 3. The first-order chi connectivity index (χ1) is 6.79. The van der Waals surface area contributed by atoms with Crippen LogP contribution in [-0.2, 0) is 6.54 Å². The van der Waals surface area contributed by atoms with Gasteiger partial charge in [-0.3, -0.25) is 9.88 Å². The van der Waals surface area contributed by atoms with Crippen LogP contribution in [-0.4, -0.2) is 29.0 Å². The molecule has 0 aliphatic carbocycles. The van der Waals surface area contributed by atoms with Gasteiger partial charge in [-0.25, -0.2) is 0 Å². The first-order valence-electron chi connectivity index (χ1n) is 4.83. The molecule has 0 radical (unpaired) electrons. The summed E-state index contributed by atoms with van der Waals surface area (Å²) in [6.07, 6.45) is 4.95. The first-order valence-corrected chi connectivity index (χ1v) is 5.62. The molecule has 1 aliphatic rings. The predicted octanol–water partition coefficient (Wildman–Crippen LogP) is 1.38. The summed E-state index contributed by atoms with van der Waals surface area (Å²) in [5.41, 5.74) is 6.89. The number of nitrogens with two attached hydrogens (primary N) is 1. The molecule has 2 heterocycles. The van der Waals surface area contributed by atoms with Crippen molar-refractivity contribution in [1.29, 1.82) is 0 Å². The molecule has 1 aromatic rings. The van der Waals surface area contributed by atoms with Gasteiger partial charge in [-0.05, 0) is 34.0 Å². The Labute approximate surface area is 92.4 Å². The maximum Gasteiger partial charge on any atom is 0.0410 e. The Bertz CT molecular complexity index is 314. The second kappa shape index (κ2) is 4.38. The van der Waals surface area contributed by atoms with Crippen molar-refractivity contribution in [3.8, 4) is 0 Å². The number of hydrogen-bond acceptors (Lipinski definition) is 3. The van der Waals surface area contributed by atoms with Crippen LogP contribution in [0.25, 0.3) is 0 Å². The topological polar surface area (TPSA) is 42.1 Å². The Kier molecular flexibility index (Phi) is 3.15. The highest BCUT2D eigenvalue weighted by Crippen LogP contribution is 2.20. The molecule has 76 valence electrons. The van der Waals surface area contributed by atoms with Crippen molar-refractivity contribution in [2.24, 2.45) is 5.73 Å². The zero-order valence-corrected chi connectivity index (χ0v) is 9.57. The highest BCUT2D eigenvalue weighted by Gasteiger charge is 2.26. The predicted molar refractivity (Wildman–Crippen MR) is 59.8 cm³/mol. The average Bonchev–Trinajstić information content (AvgIpc) is 2.14. The number of nitrogens with zero attached hydrogens (tertiary/aromatic N) is 2. The van der Waals surface area contributed by atoms with E-state index in [9.17, 15) is 0 Å². The van der Waals surface area contributed by atoms with E-state index in [4.69, 9.17) is 5.73 Å². The van der Waals surface area contributed by atoms with Gasteiger partial charge in [-0.15, -0.1) is 0 Å². The number of aromatic nitrogens is 1. The smallest absolute Gasteiger partial charge is 0.0410 e. The quantitative estimate of drug-likeness (QED) is 0.888. The zero-order chi connectivity index (χ0) is 9.97. The number of likely N-dealkylation sites (tertiary alicyclic amines) is 1. The minimum Gasteiger partial charge on any atom is -0.329 e. The molecule has 14 heavy (non-hydrogen) atoms. The van der Waals surface area contributed by atoms with Crippen LogP contribution in [0.1, 0.15) is 12.0 Å². The van der Waals surface area contributed by atoms with Gasteiger partial charge >= 0.3 is 0 Å². The van der Waals surface area contributed by atoms with Crippen LogP contribution in [0.15, 0.2) is 22.9 Å². The van der Waals surface area contributed by atoms with E-state index in [1.807, 2.05) is 6.20 Å². The monoisotopic (exact) mass is 255 g/mol. The van der Waals surface area contributed by atoms with Crippen molar-refractivity contribution in [3.63, 3.8) is 0 Å². The third-order valence-electron chi connectivity index (χ3n) is 2.69. The molecule has 0 bridgehead atoms. The first kappa shape index (κ1) is 10.1. The van der Waals surface area contributed by atoms with Crippen LogP contribution in [0.2, 0.25) is 0 Å². The van der Waals surface area contributed by atoms with E-state index >= 15 is 0 Å². The average molecular weight is 256 g/mol. The van der Waals surface area contributed by atoms with Crippen molar-refractivity contribution in [1.82, 2.24) is 9.88 Å². The maximum atomic E-state index is 5.64. The summed E-state index contributed by atoms with van der Waals surface area (Å²) in [5, 5.41) is 0. The lowest BCUT2D eigenvalue weighted by Gasteiger charge is -2.40. The Morgan fingerprint density at radius 1 is 1.57 bits per heavy atom. The standard InChI is InChI=1S/C10H14BrN3/c11-9-3-8(5-13-6-9)7-14-2-1-10(14)4-12/h3,5-6,10H,1-2,4,7,12H2. The molecular weight excluding hydrogens is 242 g/mol. The molecule has 1 unspecified atom stereocenters. The third-order valence-corrected chi connectivity index (χ3v) is 3.12. The number of hydrogen-bond donors (Lipinski definition) is 1. The second-order valence-corrected chi connectivity index (χ2v) is 4.58. The van der Waals surface area contributed by atoms with Crippen molar-refractivity contribution in [3.05, 3.63) is 28.5 Å². The fourth-order valence-corrected chi connectivity index (χ4v) is 2.16. The van der Waals surface area contributed by atoms with Crippen LogP contribution in [0.5, 0.6) is 0 Å². The van der Waals surface area contributed by atoms with E-state index in [1.54, 1.807) is 6.20 Å².